The van der Waals surface area contributed by atoms with E-state index in [1.165, 1.54) is 28.0 Å². The Bertz CT molecular complexity index is 1040. The molecule has 0 N–H and O–H groups in total. The molecule has 0 unspecified atom stereocenters. The molecule has 4 aromatic rings. The molecule has 106 valence electrons. The van der Waals surface area contributed by atoms with Crippen molar-refractivity contribution in [2.24, 2.45) is 0 Å². The van der Waals surface area contributed by atoms with Crippen molar-refractivity contribution in [3.05, 3.63) is 65.5 Å². The van der Waals surface area contributed by atoms with E-state index in [0.29, 0.717) is 0 Å². The minimum Gasteiger partial charge on any atom is -0.236 e. The molecule has 5 rings (SSSR count). The highest BCUT2D eigenvalue weighted by Crippen LogP contribution is 2.39. The van der Waals surface area contributed by atoms with E-state index in [0.717, 1.165) is 33.6 Å². The maximum Gasteiger partial charge on any atom is 0.125 e. The van der Waals surface area contributed by atoms with E-state index in [2.05, 4.69) is 30.3 Å². The number of thiazole rings is 1. The van der Waals surface area contributed by atoms with E-state index in [-0.39, 0.29) is 5.82 Å². The second-order valence-electron chi connectivity index (χ2n) is 5.74. The first-order chi connectivity index (χ1) is 10.8. The van der Waals surface area contributed by atoms with Crippen LogP contribution in [0.2, 0.25) is 0 Å². The smallest absolute Gasteiger partial charge is 0.125 e. The lowest BCUT2D eigenvalue weighted by Gasteiger charge is -2.06. The molecule has 1 heterocycles. The van der Waals surface area contributed by atoms with Crippen LogP contribution in [0.5, 0.6) is 0 Å². The molecule has 0 bridgehead atoms. The van der Waals surface area contributed by atoms with Crippen LogP contribution in [0.4, 0.5) is 4.39 Å². The molecule has 0 fully saturated rings. The predicted octanol–water partition coefficient (Wildman–Crippen LogP) is 5.35. The van der Waals surface area contributed by atoms with Crippen LogP contribution in [0.25, 0.3) is 31.6 Å². The van der Waals surface area contributed by atoms with Crippen LogP contribution in [0.3, 0.4) is 0 Å². The fraction of sp³-hybridized carbons (Fsp3) is 0.105. The first kappa shape index (κ1) is 12.3. The van der Waals surface area contributed by atoms with Gasteiger partial charge < -0.3 is 0 Å². The number of halogens is 1. The molecule has 0 saturated carbocycles. The molecule has 0 amide bonds. The number of rotatable bonds is 1. The zero-order chi connectivity index (χ0) is 14.7. The number of hydrogen-bond donors (Lipinski definition) is 0. The summed E-state index contributed by atoms with van der Waals surface area (Å²) in [6, 6.07) is 15.7. The molecule has 1 nitrogen and oxygen atoms in total. The summed E-state index contributed by atoms with van der Waals surface area (Å²) in [5.74, 6) is -0.205. The van der Waals surface area contributed by atoms with Crippen molar-refractivity contribution in [1.29, 1.82) is 0 Å². The largest absolute Gasteiger partial charge is 0.236 e. The maximum absolute atomic E-state index is 13.4. The van der Waals surface area contributed by atoms with E-state index in [1.54, 1.807) is 23.5 Å². The molecule has 0 radical (unpaired) electrons. The molecule has 0 aliphatic heterocycles. The first-order valence-electron chi connectivity index (χ1n) is 7.39. The van der Waals surface area contributed by atoms with E-state index in [9.17, 15) is 4.39 Å². The lowest BCUT2D eigenvalue weighted by Crippen LogP contribution is -1.84. The molecule has 3 heteroatoms. The quantitative estimate of drug-likeness (QED) is 0.461. The van der Waals surface area contributed by atoms with Gasteiger partial charge in [0.2, 0.25) is 0 Å². The Labute approximate surface area is 131 Å². The van der Waals surface area contributed by atoms with Crippen LogP contribution in [0.15, 0.2) is 48.5 Å². The summed E-state index contributed by atoms with van der Waals surface area (Å²) in [5.41, 5.74) is 4.89. The highest BCUT2D eigenvalue weighted by molar-refractivity contribution is 7.21. The number of aromatic nitrogens is 1. The van der Waals surface area contributed by atoms with Gasteiger partial charge >= 0.3 is 0 Å². The minimum absolute atomic E-state index is 0.205. The highest BCUT2D eigenvalue weighted by Gasteiger charge is 2.18. The van der Waals surface area contributed by atoms with Crippen LogP contribution in [0.1, 0.15) is 11.1 Å². The summed E-state index contributed by atoms with van der Waals surface area (Å²) in [4.78, 5) is 4.71. The van der Waals surface area contributed by atoms with Crippen LogP contribution in [-0.4, -0.2) is 4.98 Å². The average molecular weight is 305 g/mol. The monoisotopic (exact) mass is 305 g/mol. The van der Waals surface area contributed by atoms with E-state index in [1.807, 2.05) is 0 Å². The first-order valence-corrected chi connectivity index (χ1v) is 8.21. The Hall–Kier alpha value is -2.26. The topological polar surface area (TPSA) is 12.9 Å². The molecule has 3 aromatic carbocycles. The maximum atomic E-state index is 13.4. The Morgan fingerprint density at radius 3 is 2.73 bits per heavy atom. The number of nitrogens with zero attached hydrogens (tertiary/aromatic N) is 1. The molecular weight excluding hydrogens is 293 g/mol. The van der Waals surface area contributed by atoms with Gasteiger partial charge in [0.1, 0.15) is 10.8 Å². The fourth-order valence-electron chi connectivity index (χ4n) is 3.45. The van der Waals surface area contributed by atoms with Gasteiger partial charge in [0.15, 0.2) is 0 Å². The molecule has 1 aliphatic carbocycles. The summed E-state index contributed by atoms with van der Waals surface area (Å²) >= 11 is 1.56. The van der Waals surface area contributed by atoms with Crippen molar-refractivity contribution < 1.29 is 4.39 Å². The average Bonchev–Trinajstić information content (AvgIpc) is 3.13. The number of fused-ring (bicyclic) bond motifs is 1. The number of aryl methyl sites for hydroxylation is 2. The normalized spacial score (nSPS) is 13.3. The third-order valence-corrected chi connectivity index (χ3v) is 5.51. The van der Waals surface area contributed by atoms with Crippen LogP contribution < -0.4 is 0 Å². The van der Waals surface area contributed by atoms with Gasteiger partial charge in [-0.05, 0) is 52.9 Å². The van der Waals surface area contributed by atoms with Crippen molar-refractivity contribution >= 4 is 32.3 Å². The van der Waals surface area contributed by atoms with Crippen molar-refractivity contribution in [3.8, 4) is 10.6 Å². The van der Waals surface area contributed by atoms with Gasteiger partial charge in [0, 0.05) is 5.56 Å². The van der Waals surface area contributed by atoms with E-state index < -0.39 is 0 Å². The SMILES string of the molecule is Fc1ccc2nc(-c3ccc4c5c(cccc35)CC4)sc2c1. The second-order valence-corrected chi connectivity index (χ2v) is 6.77. The van der Waals surface area contributed by atoms with Gasteiger partial charge in [0.25, 0.3) is 0 Å². The van der Waals surface area contributed by atoms with Gasteiger partial charge in [-0.25, -0.2) is 9.37 Å². The Kier molecular flexibility index (Phi) is 2.44. The number of hydrogen-bond acceptors (Lipinski definition) is 2. The van der Waals surface area contributed by atoms with Crippen molar-refractivity contribution in [3.63, 3.8) is 0 Å². The summed E-state index contributed by atoms with van der Waals surface area (Å²) in [5, 5.41) is 3.63. The minimum atomic E-state index is -0.205. The molecule has 0 atom stereocenters. The molecular formula is C19H12FNS. The fourth-order valence-corrected chi connectivity index (χ4v) is 4.48. The summed E-state index contributed by atoms with van der Waals surface area (Å²) in [6.07, 6.45) is 2.25. The Balaban J connectivity index is 1.82. The lowest BCUT2D eigenvalue weighted by molar-refractivity contribution is 0.630. The van der Waals surface area contributed by atoms with Crippen LogP contribution in [-0.2, 0) is 12.8 Å². The van der Waals surface area contributed by atoms with Gasteiger partial charge in [0.05, 0.1) is 10.2 Å². The summed E-state index contributed by atoms with van der Waals surface area (Å²) < 4.78 is 14.3. The molecule has 0 saturated heterocycles. The van der Waals surface area contributed by atoms with Crippen molar-refractivity contribution in [2.75, 3.05) is 0 Å². The Morgan fingerprint density at radius 1 is 0.955 bits per heavy atom. The van der Waals surface area contributed by atoms with E-state index >= 15 is 0 Å². The van der Waals surface area contributed by atoms with Gasteiger partial charge in [-0.1, -0.05) is 30.3 Å². The van der Waals surface area contributed by atoms with Crippen LogP contribution in [0, 0.1) is 5.82 Å². The van der Waals surface area contributed by atoms with Crippen LogP contribution >= 0.6 is 11.3 Å². The van der Waals surface area contributed by atoms with Gasteiger partial charge in [-0.2, -0.15) is 0 Å². The molecule has 1 aromatic heterocycles. The van der Waals surface area contributed by atoms with Crippen molar-refractivity contribution in [2.45, 2.75) is 12.8 Å². The lowest BCUT2D eigenvalue weighted by atomic mass is 10.0. The number of benzene rings is 3. The Morgan fingerprint density at radius 2 is 1.82 bits per heavy atom. The molecule has 0 spiro atoms. The van der Waals surface area contributed by atoms with Crippen molar-refractivity contribution in [1.82, 2.24) is 4.98 Å². The predicted molar refractivity (Wildman–Crippen MR) is 89.9 cm³/mol. The highest BCUT2D eigenvalue weighted by atomic mass is 32.1. The second kappa shape index (κ2) is 4.37. The van der Waals surface area contributed by atoms with Gasteiger partial charge in [-0.3, -0.25) is 0 Å². The molecule has 22 heavy (non-hydrogen) atoms. The summed E-state index contributed by atoms with van der Waals surface area (Å²) in [7, 11) is 0. The molecule has 1 aliphatic rings. The third kappa shape index (κ3) is 1.66. The summed E-state index contributed by atoms with van der Waals surface area (Å²) in [6.45, 7) is 0. The third-order valence-electron chi connectivity index (χ3n) is 4.46. The zero-order valence-corrected chi connectivity index (χ0v) is 12.6. The van der Waals surface area contributed by atoms with E-state index in [4.69, 9.17) is 4.98 Å². The zero-order valence-electron chi connectivity index (χ0n) is 11.8. The van der Waals surface area contributed by atoms with Gasteiger partial charge in [-0.15, -0.1) is 11.3 Å². The standard InChI is InChI=1S/C19H12FNS/c20-13-7-9-16-17(10-13)22-19(21-16)15-8-6-12-5-4-11-2-1-3-14(15)18(11)12/h1-3,6-10H,4-5H2.